The molecule has 0 atom stereocenters. The van der Waals surface area contributed by atoms with E-state index in [1.54, 1.807) is 0 Å². The zero-order valence-corrected chi connectivity index (χ0v) is 27.5. The van der Waals surface area contributed by atoms with Crippen molar-refractivity contribution in [1.82, 2.24) is 0 Å². The Bertz CT molecular complexity index is 2760. The Morgan fingerprint density at radius 3 is 1.88 bits per heavy atom. The third-order valence-electron chi connectivity index (χ3n) is 10.5. The number of nitrogens with zero attached hydrogens (tertiary/aromatic N) is 2. The molecular formula is C46H29BN2O2. The molecule has 4 nitrogen and oxygen atoms in total. The highest BCUT2D eigenvalue weighted by Gasteiger charge is 2.43. The fourth-order valence-electron chi connectivity index (χ4n) is 8.29. The summed E-state index contributed by atoms with van der Waals surface area (Å²) in [4.78, 5) is 4.66. The SMILES string of the molecule is c1ccc(N(c2ccccc2)c2ccc3c(ccc4c5cc6c7c(c5oc34)N(c3ccccc3)c3ccccc3B7c3ccccc3O6)c2)cc1. The number of furan rings is 1. The van der Waals surface area contributed by atoms with Crippen molar-refractivity contribution >= 4 is 89.9 Å². The number of rotatable bonds is 4. The molecule has 0 N–H and O–H groups in total. The Balaban J connectivity index is 1.18. The number of benzene rings is 8. The van der Waals surface area contributed by atoms with E-state index in [2.05, 4.69) is 186 Å². The highest BCUT2D eigenvalue weighted by Crippen LogP contribution is 2.48. The maximum atomic E-state index is 7.15. The van der Waals surface area contributed by atoms with Crippen LogP contribution in [0.2, 0.25) is 0 Å². The summed E-state index contributed by atoms with van der Waals surface area (Å²) < 4.78 is 13.9. The van der Waals surface area contributed by atoms with E-state index in [0.717, 1.165) is 83.8 Å². The standard InChI is InChI=1S/C46H29BN2O2/c1-4-14-31(15-5-1)48(32-16-6-2-7-17-32)34-25-27-35-30(28-34)24-26-36-37-29-42-43-44(46(37)51-45(35)36)49(33-18-8-3-9-19-33)40-22-12-10-20-38(40)47(43)39-21-11-13-23-41(39)50-42/h1-29H. The molecule has 11 rings (SSSR count). The van der Waals surface area contributed by atoms with E-state index < -0.39 is 0 Å². The third kappa shape index (κ3) is 4.15. The number of anilines is 6. The summed E-state index contributed by atoms with van der Waals surface area (Å²) in [6.45, 7) is 0.00924. The van der Waals surface area contributed by atoms with E-state index in [-0.39, 0.29) is 6.71 Å². The molecule has 9 aromatic rings. The van der Waals surface area contributed by atoms with Crippen molar-refractivity contribution in [3.05, 3.63) is 176 Å². The first kappa shape index (κ1) is 28.2. The zero-order chi connectivity index (χ0) is 33.5. The fourth-order valence-corrected chi connectivity index (χ4v) is 8.29. The summed E-state index contributed by atoms with van der Waals surface area (Å²) in [6.07, 6.45) is 0. The molecule has 0 saturated heterocycles. The molecular weight excluding hydrogens is 623 g/mol. The maximum Gasteiger partial charge on any atom is 0.256 e. The van der Waals surface area contributed by atoms with E-state index in [4.69, 9.17) is 9.15 Å². The molecule has 0 bridgehead atoms. The Morgan fingerprint density at radius 2 is 1.12 bits per heavy atom. The first-order valence-electron chi connectivity index (χ1n) is 17.4. The molecule has 0 saturated carbocycles. The van der Waals surface area contributed by atoms with Gasteiger partial charge in [0.1, 0.15) is 17.1 Å². The van der Waals surface area contributed by atoms with Crippen LogP contribution in [0.1, 0.15) is 0 Å². The third-order valence-corrected chi connectivity index (χ3v) is 10.5. The molecule has 1 aromatic heterocycles. The normalized spacial score (nSPS) is 12.8. The van der Waals surface area contributed by atoms with Crippen LogP contribution in [0.3, 0.4) is 0 Å². The van der Waals surface area contributed by atoms with Gasteiger partial charge in [-0.2, -0.15) is 0 Å². The number of ether oxygens (including phenoxy) is 1. The minimum Gasteiger partial charge on any atom is -0.458 e. The number of hydrogen-bond donors (Lipinski definition) is 0. The van der Waals surface area contributed by atoms with Crippen molar-refractivity contribution in [2.75, 3.05) is 9.80 Å². The molecule has 0 fully saturated rings. The summed E-state index contributed by atoms with van der Waals surface area (Å²) in [5.41, 5.74) is 11.8. The van der Waals surface area contributed by atoms with Crippen molar-refractivity contribution in [2.45, 2.75) is 0 Å². The number of para-hydroxylation sites is 5. The fraction of sp³-hybridized carbons (Fsp3) is 0. The molecule has 0 amide bonds. The number of fused-ring (bicyclic) bond motifs is 10. The van der Waals surface area contributed by atoms with Gasteiger partial charge >= 0.3 is 0 Å². The van der Waals surface area contributed by atoms with Gasteiger partial charge in [-0.1, -0.05) is 97.1 Å². The molecule has 0 aliphatic carbocycles. The zero-order valence-electron chi connectivity index (χ0n) is 27.5. The van der Waals surface area contributed by atoms with Gasteiger partial charge in [0.05, 0.1) is 5.69 Å². The van der Waals surface area contributed by atoms with E-state index in [1.165, 1.54) is 10.9 Å². The Kier molecular flexibility index (Phi) is 6.01. The minimum absolute atomic E-state index is 0.00924. The topological polar surface area (TPSA) is 28.9 Å². The number of hydrogen-bond acceptors (Lipinski definition) is 4. The van der Waals surface area contributed by atoms with Crippen LogP contribution in [0.15, 0.2) is 180 Å². The molecule has 238 valence electrons. The molecule has 51 heavy (non-hydrogen) atoms. The van der Waals surface area contributed by atoms with Gasteiger partial charge in [-0.15, -0.1) is 0 Å². The van der Waals surface area contributed by atoms with Crippen LogP contribution >= 0.6 is 0 Å². The summed E-state index contributed by atoms with van der Waals surface area (Å²) in [6, 6.07) is 62.1. The van der Waals surface area contributed by atoms with Crippen molar-refractivity contribution in [3.8, 4) is 11.5 Å². The van der Waals surface area contributed by atoms with Gasteiger partial charge in [0.15, 0.2) is 5.58 Å². The van der Waals surface area contributed by atoms with Crippen LogP contribution in [-0.4, -0.2) is 6.71 Å². The predicted molar refractivity (Wildman–Crippen MR) is 212 cm³/mol. The van der Waals surface area contributed by atoms with Gasteiger partial charge in [0.25, 0.3) is 6.71 Å². The van der Waals surface area contributed by atoms with Gasteiger partial charge in [-0.3, -0.25) is 0 Å². The Hall–Kier alpha value is -6.72. The molecule has 2 aliphatic heterocycles. The second-order valence-electron chi connectivity index (χ2n) is 13.3. The minimum atomic E-state index is 0.00924. The van der Waals surface area contributed by atoms with Crippen molar-refractivity contribution < 1.29 is 9.15 Å². The lowest BCUT2D eigenvalue weighted by atomic mass is 9.34. The Morgan fingerprint density at radius 1 is 0.471 bits per heavy atom. The highest BCUT2D eigenvalue weighted by molar-refractivity contribution is 6.99. The van der Waals surface area contributed by atoms with E-state index in [0.29, 0.717) is 0 Å². The van der Waals surface area contributed by atoms with E-state index in [1.807, 2.05) is 0 Å². The van der Waals surface area contributed by atoms with Crippen LogP contribution in [0.4, 0.5) is 34.1 Å². The Labute approximate surface area is 295 Å². The lowest BCUT2D eigenvalue weighted by Crippen LogP contribution is -2.59. The summed E-state index contributed by atoms with van der Waals surface area (Å²) in [5.74, 6) is 1.77. The van der Waals surface area contributed by atoms with Crippen LogP contribution in [0.25, 0.3) is 32.7 Å². The van der Waals surface area contributed by atoms with Gasteiger partial charge < -0.3 is 19.0 Å². The van der Waals surface area contributed by atoms with Gasteiger partial charge in [0, 0.05) is 50.1 Å². The van der Waals surface area contributed by atoms with Crippen LogP contribution in [0, 0.1) is 0 Å². The smallest absolute Gasteiger partial charge is 0.256 e. The maximum absolute atomic E-state index is 7.15. The second-order valence-corrected chi connectivity index (χ2v) is 13.3. The molecule has 3 heterocycles. The lowest BCUT2D eigenvalue weighted by Gasteiger charge is -2.39. The van der Waals surface area contributed by atoms with Crippen LogP contribution in [-0.2, 0) is 0 Å². The quantitative estimate of drug-likeness (QED) is 0.177. The lowest BCUT2D eigenvalue weighted by molar-refractivity contribution is 0.488. The average Bonchev–Trinajstić information content (AvgIpc) is 3.57. The first-order chi connectivity index (χ1) is 25.3. The summed E-state index contributed by atoms with van der Waals surface area (Å²) in [7, 11) is 0. The van der Waals surface area contributed by atoms with Crippen LogP contribution < -0.4 is 30.9 Å². The molecule has 0 unspecified atom stereocenters. The second kappa shape index (κ2) is 10.9. The monoisotopic (exact) mass is 652 g/mol. The molecule has 8 aromatic carbocycles. The molecule has 2 aliphatic rings. The highest BCUT2D eigenvalue weighted by atomic mass is 16.5. The average molecular weight is 653 g/mol. The largest absolute Gasteiger partial charge is 0.458 e. The summed E-state index contributed by atoms with van der Waals surface area (Å²) >= 11 is 0. The molecule has 0 spiro atoms. The van der Waals surface area contributed by atoms with Gasteiger partial charge in [-0.25, -0.2) is 0 Å². The molecule has 0 radical (unpaired) electrons. The van der Waals surface area contributed by atoms with Crippen molar-refractivity contribution in [3.63, 3.8) is 0 Å². The van der Waals surface area contributed by atoms with E-state index in [9.17, 15) is 0 Å². The van der Waals surface area contributed by atoms with E-state index >= 15 is 0 Å². The van der Waals surface area contributed by atoms with Gasteiger partial charge in [-0.05, 0) is 95.2 Å². The van der Waals surface area contributed by atoms with Gasteiger partial charge in [0.2, 0.25) is 0 Å². The van der Waals surface area contributed by atoms with Crippen molar-refractivity contribution in [2.24, 2.45) is 0 Å². The first-order valence-corrected chi connectivity index (χ1v) is 17.4. The predicted octanol–water partition coefficient (Wildman–Crippen LogP) is 10.6. The van der Waals surface area contributed by atoms with Crippen molar-refractivity contribution in [1.29, 1.82) is 0 Å². The summed E-state index contributed by atoms with van der Waals surface area (Å²) in [5, 5.41) is 4.29. The van der Waals surface area contributed by atoms with Crippen LogP contribution in [0.5, 0.6) is 11.5 Å². The molecule has 5 heteroatoms.